The van der Waals surface area contributed by atoms with E-state index in [0.29, 0.717) is 19.5 Å². The molecule has 2 atom stereocenters. The minimum atomic E-state index is -0.781. The molecular weight excluding hydrogens is 276 g/mol. The molecule has 0 aromatic heterocycles. The molecule has 0 radical (unpaired) electrons. The maximum absolute atomic E-state index is 12.3. The van der Waals surface area contributed by atoms with E-state index in [2.05, 4.69) is 5.32 Å². The minimum absolute atomic E-state index is 0.0306. The van der Waals surface area contributed by atoms with E-state index in [1.807, 2.05) is 25.6 Å². The quantitative estimate of drug-likeness (QED) is 0.836. The van der Waals surface area contributed by atoms with Gasteiger partial charge in [-0.25, -0.2) is 4.79 Å². The van der Waals surface area contributed by atoms with Gasteiger partial charge in [-0.15, -0.1) is 0 Å². The number of amides is 2. The van der Waals surface area contributed by atoms with Crippen molar-refractivity contribution in [1.82, 2.24) is 10.2 Å². The molecule has 2 amide bonds. The lowest BCUT2D eigenvalue weighted by atomic mass is 9.76. The summed E-state index contributed by atoms with van der Waals surface area (Å²) in [6, 6.07) is 0.140. The van der Waals surface area contributed by atoms with E-state index >= 15 is 0 Å². The van der Waals surface area contributed by atoms with Crippen LogP contribution in [0.5, 0.6) is 0 Å². The molecular formula is C14H24N2O3S. The maximum Gasteiger partial charge on any atom is 0.317 e. The molecule has 5 nitrogen and oxygen atoms in total. The summed E-state index contributed by atoms with van der Waals surface area (Å²) in [6.07, 6.45) is 2.72. The summed E-state index contributed by atoms with van der Waals surface area (Å²) >= 11 is 1.87. The molecule has 6 heteroatoms. The van der Waals surface area contributed by atoms with Crippen LogP contribution >= 0.6 is 11.8 Å². The predicted octanol–water partition coefficient (Wildman–Crippen LogP) is 2.02. The molecule has 2 aliphatic rings. The van der Waals surface area contributed by atoms with E-state index in [0.717, 1.165) is 18.6 Å². The van der Waals surface area contributed by atoms with Gasteiger partial charge in [-0.3, -0.25) is 4.79 Å². The summed E-state index contributed by atoms with van der Waals surface area (Å²) in [6.45, 7) is 4.71. The lowest BCUT2D eigenvalue weighted by Crippen LogP contribution is -2.47. The van der Waals surface area contributed by atoms with Crippen molar-refractivity contribution in [3.05, 3.63) is 0 Å². The first-order valence-corrected chi connectivity index (χ1v) is 8.48. The van der Waals surface area contributed by atoms with Crippen LogP contribution in [-0.2, 0) is 4.79 Å². The van der Waals surface area contributed by atoms with Crippen LogP contribution < -0.4 is 5.32 Å². The van der Waals surface area contributed by atoms with Gasteiger partial charge in [-0.05, 0) is 30.9 Å². The number of urea groups is 1. The Bertz CT molecular complexity index is 383. The Morgan fingerprint density at radius 1 is 1.45 bits per heavy atom. The van der Waals surface area contributed by atoms with E-state index in [1.165, 1.54) is 5.75 Å². The molecule has 2 heterocycles. The van der Waals surface area contributed by atoms with Gasteiger partial charge in [0.25, 0.3) is 0 Å². The van der Waals surface area contributed by atoms with Crippen LogP contribution in [0.2, 0.25) is 0 Å². The SMILES string of the molecule is CC(C)C1(C(=O)O)CCN(C(=O)NC2CCCSC2)C1. The lowest BCUT2D eigenvalue weighted by molar-refractivity contribution is -0.150. The first kappa shape index (κ1) is 15.5. The molecule has 20 heavy (non-hydrogen) atoms. The second-order valence-corrected chi connectivity index (χ2v) is 7.30. The van der Waals surface area contributed by atoms with Crippen LogP contribution in [0.3, 0.4) is 0 Å². The average Bonchev–Trinajstić information content (AvgIpc) is 2.86. The maximum atomic E-state index is 12.3. The molecule has 0 aromatic rings. The Morgan fingerprint density at radius 3 is 2.70 bits per heavy atom. The average molecular weight is 300 g/mol. The van der Waals surface area contributed by atoms with Crippen LogP contribution in [-0.4, -0.2) is 52.6 Å². The Labute approximate surface area is 124 Å². The molecule has 0 aliphatic carbocycles. The summed E-state index contributed by atoms with van der Waals surface area (Å²) in [5.74, 6) is 1.39. The Kier molecular flexibility index (Phi) is 4.83. The van der Waals surface area contributed by atoms with Gasteiger partial charge in [0.15, 0.2) is 0 Å². The highest BCUT2D eigenvalue weighted by molar-refractivity contribution is 7.99. The van der Waals surface area contributed by atoms with Crippen molar-refractivity contribution in [1.29, 1.82) is 0 Å². The third kappa shape index (κ3) is 3.05. The number of carbonyl (C=O) groups is 2. The number of nitrogens with zero attached hydrogens (tertiary/aromatic N) is 1. The fraction of sp³-hybridized carbons (Fsp3) is 0.857. The van der Waals surface area contributed by atoms with Gasteiger partial charge < -0.3 is 15.3 Å². The summed E-state index contributed by atoms with van der Waals surface area (Å²) < 4.78 is 0. The summed E-state index contributed by atoms with van der Waals surface area (Å²) in [7, 11) is 0. The number of aliphatic carboxylic acids is 1. The highest BCUT2D eigenvalue weighted by Crippen LogP contribution is 2.38. The molecule has 0 aromatic carbocycles. The van der Waals surface area contributed by atoms with E-state index in [9.17, 15) is 14.7 Å². The van der Waals surface area contributed by atoms with Crippen LogP contribution in [0.25, 0.3) is 0 Å². The molecule has 2 unspecified atom stereocenters. The number of thioether (sulfide) groups is 1. The number of nitrogens with one attached hydrogen (secondary N) is 1. The number of hydrogen-bond donors (Lipinski definition) is 2. The minimum Gasteiger partial charge on any atom is -0.481 e. The zero-order chi connectivity index (χ0) is 14.8. The molecule has 2 aliphatic heterocycles. The fourth-order valence-corrected chi connectivity index (χ4v) is 4.09. The number of hydrogen-bond acceptors (Lipinski definition) is 3. The molecule has 0 saturated carbocycles. The van der Waals surface area contributed by atoms with Crippen LogP contribution in [0.15, 0.2) is 0 Å². The topological polar surface area (TPSA) is 69.6 Å². The Morgan fingerprint density at radius 2 is 2.20 bits per heavy atom. The van der Waals surface area contributed by atoms with Crippen LogP contribution in [0, 0.1) is 11.3 Å². The van der Waals surface area contributed by atoms with E-state index in [4.69, 9.17) is 0 Å². The zero-order valence-corrected chi connectivity index (χ0v) is 13.0. The van der Waals surface area contributed by atoms with Crippen molar-refractivity contribution in [3.63, 3.8) is 0 Å². The predicted molar refractivity (Wildman–Crippen MR) is 80.0 cm³/mol. The van der Waals surface area contributed by atoms with E-state index in [-0.39, 0.29) is 18.0 Å². The number of carboxylic acid groups (broad SMARTS) is 1. The molecule has 2 fully saturated rings. The fourth-order valence-electron chi connectivity index (χ4n) is 3.02. The first-order valence-electron chi connectivity index (χ1n) is 7.32. The van der Waals surface area contributed by atoms with Crippen molar-refractivity contribution in [3.8, 4) is 0 Å². The summed E-state index contributed by atoms with van der Waals surface area (Å²) in [5.41, 5.74) is -0.779. The van der Waals surface area contributed by atoms with Gasteiger partial charge in [0, 0.05) is 24.9 Å². The smallest absolute Gasteiger partial charge is 0.317 e. The third-order valence-corrected chi connectivity index (χ3v) is 5.82. The Hall–Kier alpha value is -0.910. The normalized spacial score (nSPS) is 30.6. The second kappa shape index (κ2) is 6.24. The van der Waals surface area contributed by atoms with Gasteiger partial charge in [-0.1, -0.05) is 13.8 Å². The molecule has 2 rings (SSSR count). The third-order valence-electron chi connectivity index (χ3n) is 4.61. The summed E-state index contributed by atoms with van der Waals surface area (Å²) in [5, 5.41) is 12.5. The second-order valence-electron chi connectivity index (χ2n) is 6.15. The molecule has 2 saturated heterocycles. The highest BCUT2D eigenvalue weighted by atomic mass is 32.2. The van der Waals surface area contributed by atoms with Gasteiger partial charge in [0.2, 0.25) is 0 Å². The van der Waals surface area contributed by atoms with E-state index in [1.54, 1.807) is 4.90 Å². The van der Waals surface area contributed by atoms with Crippen LogP contribution in [0.1, 0.15) is 33.1 Å². The monoisotopic (exact) mass is 300 g/mol. The molecule has 2 N–H and O–H groups in total. The molecule has 0 bridgehead atoms. The van der Waals surface area contributed by atoms with Crippen molar-refractivity contribution in [2.24, 2.45) is 11.3 Å². The van der Waals surface area contributed by atoms with Crippen molar-refractivity contribution in [2.45, 2.75) is 39.2 Å². The number of carboxylic acids is 1. The number of rotatable bonds is 3. The van der Waals surface area contributed by atoms with Crippen molar-refractivity contribution in [2.75, 3.05) is 24.6 Å². The van der Waals surface area contributed by atoms with E-state index < -0.39 is 11.4 Å². The lowest BCUT2D eigenvalue weighted by Gasteiger charge is -2.30. The van der Waals surface area contributed by atoms with Gasteiger partial charge in [-0.2, -0.15) is 11.8 Å². The van der Waals surface area contributed by atoms with Gasteiger partial charge in [0.05, 0.1) is 5.41 Å². The van der Waals surface area contributed by atoms with Crippen molar-refractivity contribution >= 4 is 23.8 Å². The zero-order valence-electron chi connectivity index (χ0n) is 12.2. The Balaban J connectivity index is 1.94. The highest BCUT2D eigenvalue weighted by Gasteiger charge is 2.48. The largest absolute Gasteiger partial charge is 0.481 e. The molecule has 114 valence electrons. The number of carbonyl (C=O) groups excluding carboxylic acids is 1. The van der Waals surface area contributed by atoms with Gasteiger partial charge in [0.1, 0.15) is 0 Å². The standard InChI is InChI=1S/C14H24N2O3S/c1-10(2)14(12(17)18)5-6-16(9-14)13(19)15-11-4-3-7-20-8-11/h10-11H,3-9H2,1-2H3,(H,15,19)(H,17,18). The van der Waals surface area contributed by atoms with Crippen LogP contribution in [0.4, 0.5) is 4.79 Å². The first-order chi connectivity index (χ1) is 9.45. The van der Waals surface area contributed by atoms with Crippen molar-refractivity contribution < 1.29 is 14.7 Å². The molecule has 0 spiro atoms. The summed E-state index contributed by atoms with van der Waals surface area (Å²) in [4.78, 5) is 25.5. The van der Waals surface area contributed by atoms with Gasteiger partial charge >= 0.3 is 12.0 Å². The number of likely N-dealkylation sites (tertiary alicyclic amines) is 1.